The van der Waals surface area contributed by atoms with Crippen molar-refractivity contribution in [3.05, 3.63) is 65.0 Å². The minimum atomic E-state index is -0.639. The van der Waals surface area contributed by atoms with E-state index in [0.717, 1.165) is 23.4 Å². The van der Waals surface area contributed by atoms with Crippen molar-refractivity contribution in [3.63, 3.8) is 0 Å². The minimum absolute atomic E-state index is 0.266. The van der Waals surface area contributed by atoms with Crippen LogP contribution in [0.5, 0.6) is 0 Å². The van der Waals surface area contributed by atoms with Crippen molar-refractivity contribution in [1.29, 1.82) is 0 Å². The first-order valence-electron chi connectivity index (χ1n) is 5.65. The predicted molar refractivity (Wildman–Crippen MR) is 70.2 cm³/mol. The molecule has 0 atom stereocenters. The Bertz CT molecular complexity index is 587. The standard InChI is InChI=1S/C14H12F3NS/c15-11-2-4-14(13(17)6-11)19-8-10-5-9(7-18)1-3-12(10)16/h1-6H,7-8,18H2. The molecule has 2 N–H and O–H groups in total. The molecule has 0 aromatic heterocycles. The molecular weight excluding hydrogens is 271 g/mol. The molecule has 0 aliphatic rings. The third-order valence-corrected chi connectivity index (χ3v) is 3.72. The van der Waals surface area contributed by atoms with Crippen LogP contribution in [0, 0.1) is 17.5 Å². The summed E-state index contributed by atoms with van der Waals surface area (Å²) >= 11 is 1.12. The summed E-state index contributed by atoms with van der Waals surface area (Å²) in [6.07, 6.45) is 0. The van der Waals surface area contributed by atoms with Crippen LogP contribution >= 0.6 is 11.8 Å². The quantitative estimate of drug-likeness (QED) is 0.862. The molecule has 0 heterocycles. The Balaban J connectivity index is 2.14. The third-order valence-electron chi connectivity index (χ3n) is 2.62. The molecule has 0 aliphatic carbocycles. The monoisotopic (exact) mass is 283 g/mol. The Morgan fingerprint density at radius 3 is 2.42 bits per heavy atom. The van der Waals surface area contributed by atoms with Crippen molar-refractivity contribution in [1.82, 2.24) is 0 Å². The van der Waals surface area contributed by atoms with E-state index in [1.54, 1.807) is 12.1 Å². The number of hydrogen-bond acceptors (Lipinski definition) is 2. The predicted octanol–water partition coefficient (Wildman–Crippen LogP) is 3.85. The molecule has 0 fully saturated rings. The van der Waals surface area contributed by atoms with Gasteiger partial charge in [0.1, 0.15) is 17.5 Å². The summed E-state index contributed by atoms with van der Waals surface area (Å²) in [7, 11) is 0. The molecule has 100 valence electrons. The minimum Gasteiger partial charge on any atom is -0.326 e. The highest BCUT2D eigenvalue weighted by Gasteiger charge is 2.08. The van der Waals surface area contributed by atoms with Gasteiger partial charge in [-0.05, 0) is 29.3 Å². The van der Waals surface area contributed by atoms with E-state index in [4.69, 9.17) is 5.73 Å². The van der Waals surface area contributed by atoms with Gasteiger partial charge in [0.25, 0.3) is 0 Å². The first kappa shape index (κ1) is 14.0. The van der Waals surface area contributed by atoms with E-state index in [-0.39, 0.29) is 11.6 Å². The van der Waals surface area contributed by atoms with Gasteiger partial charge in [-0.2, -0.15) is 0 Å². The fourth-order valence-corrected chi connectivity index (χ4v) is 2.51. The fourth-order valence-electron chi connectivity index (χ4n) is 1.61. The Morgan fingerprint density at radius 2 is 1.74 bits per heavy atom. The number of nitrogens with two attached hydrogens (primary N) is 1. The Hall–Kier alpha value is -1.46. The van der Waals surface area contributed by atoms with E-state index >= 15 is 0 Å². The van der Waals surface area contributed by atoms with Gasteiger partial charge in [-0.15, -0.1) is 11.8 Å². The van der Waals surface area contributed by atoms with Gasteiger partial charge in [0.15, 0.2) is 0 Å². The lowest BCUT2D eigenvalue weighted by Crippen LogP contribution is -1.98. The Kier molecular flexibility index (Phi) is 4.50. The summed E-state index contributed by atoms with van der Waals surface area (Å²) < 4.78 is 39.7. The zero-order chi connectivity index (χ0) is 13.8. The Morgan fingerprint density at radius 1 is 0.947 bits per heavy atom. The molecule has 1 nitrogen and oxygen atoms in total. The maximum atomic E-state index is 13.6. The summed E-state index contributed by atoms with van der Waals surface area (Å²) in [5, 5.41) is 0. The second kappa shape index (κ2) is 6.12. The normalized spacial score (nSPS) is 10.7. The van der Waals surface area contributed by atoms with E-state index < -0.39 is 11.6 Å². The van der Waals surface area contributed by atoms with Gasteiger partial charge in [0.05, 0.1) is 0 Å². The molecule has 2 rings (SSSR count). The topological polar surface area (TPSA) is 26.0 Å². The summed E-state index contributed by atoms with van der Waals surface area (Å²) in [4.78, 5) is 0.291. The van der Waals surface area contributed by atoms with E-state index in [0.29, 0.717) is 17.0 Å². The van der Waals surface area contributed by atoms with Gasteiger partial charge in [-0.1, -0.05) is 12.1 Å². The summed E-state index contributed by atoms with van der Waals surface area (Å²) in [5.41, 5.74) is 6.76. The molecule has 0 saturated heterocycles. The fraction of sp³-hybridized carbons (Fsp3) is 0.143. The lowest BCUT2D eigenvalue weighted by Gasteiger charge is -2.06. The number of halogens is 3. The van der Waals surface area contributed by atoms with Crippen molar-refractivity contribution < 1.29 is 13.2 Å². The number of hydrogen-bond donors (Lipinski definition) is 1. The zero-order valence-corrected chi connectivity index (χ0v) is 10.8. The first-order valence-corrected chi connectivity index (χ1v) is 6.64. The second-order valence-corrected chi connectivity index (χ2v) is 5.01. The molecule has 0 radical (unpaired) electrons. The van der Waals surface area contributed by atoms with Crippen LogP contribution in [0.15, 0.2) is 41.3 Å². The highest BCUT2D eigenvalue weighted by Crippen LogP contribution is 2.27. The van der Waals surface area contributed by atoms with Gasteiger partial charge in [0.2, 0.25) is 0 Å². The van der Waals surface area contributed by atoms with E-state index in [1.165, 1.54) is 18.2 Å². The largest absolute Gasteiger partial charge is 0.326 e. The molecule has 0 amide bonds. The van der Waals surface area contributed by atoms with Crippen molar-refractivity contribution in [3.8, 4) is 0 Å². The maximum absolute atomic E-state index is 13.6. The smallest absolute Gasteiger partial charge is 0.139 e. The maximum Gasteiger partial charge on any atom is 0.139 e. The van der Waals surface area contributed by atoms with Crippen molar-refractivity contribution in [2.75, 3.05) is 0 Å². The van der Waals surface area contributed by atoms with Crippen LogP contribution in [-0.2, 0) is 12.3 Å². The lowest BCUT2D eigenvalue weighted by atomic mass is 10.1. The van der Waals surface area contributed by atoms with E-state index in [9.17, 15) is 13.2 Å². The molecule has 19 heavy (non-hydrogen) atoms. The number of benzene rings is 2. The highest BCUT2D eigenvalue weighted by molar-refractivity contribution is 7.98. The van der Waals surface area contributed by atoms with Crippen LogP contribution < -0.4 is 5.73 Å². The van der Waals surface area contributed by atoms with Crippen LogP contribution in [0.3, 0.4) is 0 Å². The average molecular weight is 283 g/mol. The SMILES string of the molecule is NCc1ccc(F)c(CSc2ccc(F)cc2F)c1. The first-order chi connectivity index (χ1) is 9.10. The summed E-state index contributed by atoms with van der Waals surface area (Å²) in [6.45, 7) is 0.322. The molecule has 0 saturated carbocycles. The van der Waals surface area contributed by atoms with Gasteiger partial charge in [-0.3, -0.25) is 0 Å². The molecule has 5 heteroatoms. The molecule has 2 aromatic rings. The van der Waals surface area contributed by atoms with Gasteiger partial charge in [-0.25, -0.2) is 13.2 Å². The second-order valence-electron chi connectivity index (χ2n) is 3.99. The van der Waals surface area contributed by atoms with Gasteiger partial charge in [0, 0.05) is 23.3 Å². The van der Waals surface area contributed by atoms with Crippen LogP contribution in [0.4, 0.5) is 13.2 Å². The van der Waals surface area contributed by atoms with Crippen LogP contribution in [0.1, 0.15) is 11.1 Å². The van der Waals surface area contributed by atoms with E-state index in [1.807, 2.05) is 0 Å². The third kappa shape index (κ3) is 3.52. The molecule has 0 bridgehead atoms. The Labute approximate surface area is 113 Å². The highest BCUT2D eigenvalue weighted by atomic mass is 32.2. The molecular formula is C14H12F3NS. The van der Waals surface area contributed by atoms with Crippen LogP contribution in [-0.4, -0.2) is 0 Å². The lowest BCUT2D eigenvalue weighted by molar-refractivity contribution is 0.565. The number of thioether (sulfide) groups is 1. The molecule has 0 spiro atoms. The summed E-state index contributed by atoms with van der Waals surface area (Å²) in [6, 6.07) is 7.96. The molecule has 0 aliphatic heterocycles. The van der Waals surface area contributed by atoms with Crippen molar-refractivity contribution in [2.24, 2.45) is 5.73 Å². The molecule has 2 aromatic carbocycles. The zero-order valence-electron chi connectivity index (χ0n) is 10.00. The van der Waals surface area contributed by atoms with Crippen molar-refractivity contribution >= 4 is 11.8 Å². The molecule has 0 unspecified atom stereocenters. The van der Waals surface area contributed by atoms with E-state index in [2.05, 4.69) is 0 Å². The van der Waals surface area contributed by atoms with Crippen LogP contribution in [0.25, 0.3) is 0 Å². The van der Waals surface area contributed by atoms with Crippen molar-refractivity contribution in [2.45, 2.75) is 17.2 Å². The number of rotatable bonds is 4. The van der Waals surface area contributed by atoms with Crippen LogP contribution in [0.2, 0.25) is 0 Å². The summed E-state index contributed by atoms with van der Waals surface area (Å²) in [5.74, 6) is -1.35. The average Bonchev–Trinajstić information content (AvgIpc) is 2.39. The van der Waals surface area contributed by atoms with Gasteiger partial charge >= 0.3 is 0 Å². The van der Waals surface area contributed by atoms with Gasteiger partial charge < -0.3 is 5.73 Å².